The molecule has 0 aliphatic heterocycles. The topological polar surface area (TPSA) is 81.6 Å². The summed E-state index contributed by atoms with van der Waals surface area (Å²) in [5.41, 5.74) is 9.25. The van der Waals surface area contributed by atoms with Gasteiger partial charge in [-0.2, -0.15) is 0 Å². The molecule has 1 saturated carbocycles. The number of imidazole rings is 1. The average Bonchev–Trinajstić information content (AvgIpc) is 3.32. The molecular formula is C22H28Cl2N4O2. The van der Waals surface area contributed by atoms with E-state index < -0.39 is 0 Å². The Hall–Kier alpha value is -2.28. The number of carbonyl (C=O) groups excluding carboxylic acids is 1. The molecule has 30 heavy (non-hydrogen) atoms. The molecule has 3 N–H and O–H groups in total. The third-order valence-electron chi connectivity index (χ3n) is 5.43. The maximum Gasteiger partial charge on any atom is 0.255 e. The zero-order valence-corrected chi connectivity index (χ0v) is 18.5. The van der Waals surface area contributed by atoms with Gasteiger partial charge < -0.3 is 20.2 Å². The zero-order valence-electron chi connectivity index (χ0n) is 16.9. The number of nitrogens with zero attached hydrogens (tertiary/aromatic N) is 2. The summed E-state index contributed by atoms with van der Waals surface area (Å²) >= 11 is 0. The first-order valence-corrected chi connectivity index (χ1v) is 9.81. The lowest BCUT2D eigenvalue weighted by molar-refractivity contribution is 0.0924. The van der Waals surface area contributed by atoms with E-state index in [0.717, 1.165) is 30.6 Å². The van der Waals surface area contributed by atoms with Crippen LogP contribution in [0.5, 0.6) is 5.75 Å². The molecule has 4 rings (SSSR count). The summed E-state index contributed by atoms with van der Waals surface area (Å²) < 4.78 is 7.95. The number of aryl methyl sites for hydroxylation is 1. The fourth-order valence-corrected chi connectivity index (χ4v) is 3.91. The smallest absolute Gasteiger partial charge is 0.255 e. The van der Waals surface area contributed by atoms with Crippen molar-refractivity contribution in [3.05, 3.63) is 65.6 Å². The lowest BCUT2D eigenvalue weighted by Crippen LogP contribution is -2.40. The molecule has 0 radical (unpaired) electrons. The summed E-state index contributed by atoms with van der Waals surface area (Å²) in [6.45, 7) is 2.96. The van der Waals surface area contributed by atoms with Gasteiger partial charge in [-0.25, -0.2) is 4.98 Å². The minimum absolute atomic E-state index is 0. The SMILES string of the molecule is Cc1ccc2nc(COc3ccccc3C(=O)NC3CCCC3CN)cn2c1.Cl.Cl. The number of rotatable bonds is 6. The Balaban J connectivity index is 0.00000160. The maximum absolute atomic E-state index is 12.8. The first-order valence-electron chi connectivity index (χ1n) is 9.81. The molecule has 6 nitrogen and oxygen atoms in total. The Morgan fingerprint density at radius 3 is 2.80 bits per heavy atom. The quantitative estimate of drug-likeness (QED) is 0.595. The number of hydrogen-bond donors (Lipinski definition) is 2. The minimum Gasteiger partial charge on any atom is -0.486 e. The van der Waals surface area contributed by atoms with E-state index in [1.165, 1.54) is 5.56 Å². The number of fused-ring (bicyclic) bond motifs is 1. The third kappa shape index (κ3) is 5.25. The van der Waals surface area contributed by atoms with E-state index in [0.29, 0.717) is 30.4 Å². The summed E-state index contributed by atoms with van der Waals surface area (Å²) in [5.74, 6) is 0.820. The van der Waals surface area contributed by atoms with Crippen LogP contribution in [0.4, 0.5) is 0 Å². The standard InChI is InChI=1S/C22H26N4O2.2ClH/c1-15-9-10-21-24-17(13-26(21)12-15)14-28-20-8-3-2-6-18(20)22(27)25-19-7-4-5-16(19)11-23;;/h2-3,6,8-10,12-13,16,19H,4-5,7,11,14,23H2,1H3,(H,25,27);2*1H. The van der Waals surface area contributed by atoms with E-state index in [-0.39, 0.29) is 36.8 Å². The van der Waals surface area contributed by atoms with Gasteiger partial charge in [-0.05, 0) is 56.0 Å². The first-order chi connectivity index (χ1) is 13.6. The highest BCUT2D eigenvalue weighted by molar-refractivity contribution is 5.97. The Morgan fingerprint density at radius 2 is 2.00 bits per heavy atom. The third-order valence-corrected chi connectivity index (χ3v) is 5.43. The van der Waals surface area contributed by atoms with E-state index in [2.05, 4.69) is 10.3 Å². The molecule has 0 saturated heterocycles. The molecule has 1 amide bonds. The van der Waals surface area contributed by atoms with Crippen LogP contribution in [0, 0.1) is 12.8 Å². The van der Waals surface area contributed by atoms with Crippen molar-refractivity contribution >= 4 is 36.4 Å². The van der Waals surface area contributed by atoms with Crippen LogP contribution in [0.3, 0.4) is 0 Å². The van der Waals surface area contributed by atoms with Crippen molar-refractivity contribution in [2.24, 2.45) is 11.7 Å². The summed E-state index contributed by atoms with van der Waals surface area (Å²) in [5, 5.41) is 3.14. The fourth-order valence-electron chi connectivity index (χ4n) is 3.91. The van der Waals surface area contributed by atoms with Crippen LogP contribution in [0.15, 0.2) is 48.8 Å². The lowest BCUT2D eigenvalue weighted by Gasteiger charge is -2.20. The lowest BCUT2D eigenvalue weighted by atomic mass is 10.0. The van der Waals surface area contributed by atoms with Gasteiger partial charge in [-0.3, -0.25) is 4.79 Å². The number of aromatic nitrogens is 2. The summed E-state index contributed by atoms with van der Waals surface area (Å²) in [6, 6.07) is 11.5. The van der Waals surface area contributed by atoms with Crippen LogP contribution < -0.4 is 15.8 Å². The molecule has 2 aromatic heterocycles. The van der Waals surface area contributed by atoms with Crippen molar-refractivity contribution in [1.29, 1.82) is 0 Å². The van der Waals surface area contributed by atoms with Gasteiger partial charge in [-0.1, -0.05) is 24.6 Å². The molecule has 162 valence electrons. The molecule has 1 aliphatic carbocycles. The largest absolute Gasteiger partial charge is 0.486 e. The summed E-state index contributed by atoms with van der Waals surface area (Å²) in [4.78, 5) is 17.4. The van der Waals surface area contributed by atoms with Crippen molar-refractivity contribution in [2.75, 3.05) is 6.54 Å². The molecule has 2 heterocycles. The van der Waals surface area contributed by atoms with Crippen molar-refractivity contribution in [3.8, 4) is 5.75 Å². The first kappa shape index (κ1) is 24.0. The van der Waals surface area contributed by atoms with Gasteiger partial charge in [0.25, 0.3) is 5.91 Å². The summed E-state index contributed by atoms with van der Waals surface area (Å²) in [6.07, 6.45) is 7.15. The van der Waals surface area contributed by atoms with Crippen LogP contribution in [-0.4, -0.2) is 27.9 Å². The molecule has 1 fully saturated rings. The molecule has 0 bridgehead atoms. The van der Waals surface area contributed by atoms with Crippen LogP contribution in [-0.2, 0) is 6.61 Å². The molecular weight excluding hydrogens is 423 g/mol. The number of para-hydroxylation sites is 1. The van der Waals surface area contributed by atoms with Gasteiger partial charge in [0, 0.05) is 18.4 Å². The number of nitrogens with two attached hydrogens (primary N) is 1. The van der Waals surface area contributed by atoms with E-state index in [1.807, 2.05) is 54.0 Å². The minimum atomic E-state index is -0.105. The second kappa shape index (κ2) is 10.7. The molecule has 1 aliphatic rings. The molecule has 2 unspecified atom stereocenters. The van der Waals surface area contributed by atoms with Crippen LogP contribution in [0.2, 0.25) is 0 Å². The molecule has 8 heteroatoms. The number of amides is 1. The Labute approximate surface area is 189 Å². The fraction of sp³-hybridized carbons (Fsp3) is 0.364. The van der Waals surface area contributed by atoms with Crippen molar-refractivity contribution < 1.29 is 9.53 Å². The highest BCUT2D eigenvalue weighted by Crippen LogP contribution is 2.26. The van der Waals surface area contributed by atoms with E-state index in [4.69, 9.17) is 10.5 Å². The zero-order chi connectivity index (χ0) is 19.5. The van der Waals surface area contributed by atoms with Gasteiger partial charge >= 0.3 is 0 Å². The number of benzene rings is 1. The second-order valence-electron chi connectivity index (χ2n) is 7.50. The van der Waals surface area contributed by atoms with Gasteiger partial charge in [0.15, 0.2) is 0 Å². The van der Waals surface area contributed by atoms with Crippen LogP contribution >= 0.6 is 24.8 Å². The van der Waals surface area contributed by atoms with Gasteiger partial charge in [0.2, 0.25) is 0 Å². The predicted octanol–water partition coefficient (Wildman–Crippen LogP) is 3.92. The normalized spacial score (nSPS) is 17.8. The van der Waals surface area contributed by atoms with Crippen molar-refractivity contribution in [3.63, 3.8) is 0 Å². The predicted molar refractivity (Wildman–Crippen MR) is 123 cm³/mol. The molecule has 1 aromatic carbocycles. The Morgan fingerprint density at radius 1 is 1.20 bits per heavy atom. The van der Waals surface area contributed by atoms with Gasteiger partial charge in [-0.15, -0.1) is 24.8 Å². The maximum atomic E-state index is 12.8. The Bertz CT molecular complexity index is 992. The van der Waals surface area contributed by atoms with E-state index in [1.54, 1.807) is 6.07 Å². The number of carbonyl (C=O) groups is 1. The van der Waals surface area contributed by atoms with E-state index >= 15 is 0 Å². The summed E-state index contributed by atoms with van der Waals surface area (Å²) in [7, 11) is 0. The number of pyridine rings is 1. The van der Waals surface area contributed by atoms with Gasteiger partial charge in [0.05, 0.1) is 11.3 Å². The highest BCUT2D eigenvalue weighted by Gasteiger charge is 2.28. The number of ether oxygens (including phenoxy) is 1. The average molecular weight is 451 g/mol. The van der Waals surface area contributed by atoms with Crippen molar-refractivity contribution in [1.82, 2.24) is 14.7 Å². The number of nitrogens with one attached hydrogen (secondary N) is 1. The second-order valence-corrected chi connectivity index (χ2v) is 7.50. The molecule has 2 atom stereocenters. The van der Waals surface area contributed by atoms with Crippen LogP contribution in [0.25, 0.3) is 5.65 Å². The number of halogens is 2. The molecule has 0 spiro atoms. The van der Waals surface area contributed by atoms with E-state index in [9.17, 15) is 4.79 Å². The van der Waals surface area contributed by atoms with Crippen LogP contribution in [0.1, 0.15) is 40.9 Å². The van der Waals surface area contributed by atoms with Crippen molar-refractivity contribution in [2.45, 2.75) is 38.8 Å². The number of hydrogen-bond acceptors (Lipinski definition) is 4. The van der Waals surface area contributed by atoms with Gasteiger partial charge in [0.1, 0.15) is 18.0 Å². The Kier molecular flexibility index (Phi) is 8.53. The molecule has 3 aromatic rings. The highest BCUT2D eigenvalue weighted by atomic mass is 35.5. The monoisotopic (exact) mass is 450 g/mol.